The van der Waals surface area contributed by atoms with Gasteiger partial charge in [0.05, 0.1) is 5.56 Å². The number of allylic oxidation sites excluding steroid dienone is 1. The molecule has 1 aromatic rings. The van der Waals surface area contributed by atoms with Crippen molar-refractivity contribution in [2.75, 3.05) is 0 Å². The minimum absolute atomic E-state index is 0.605. The lowest BCUT2D eigenvalue weighted by Gasteiger charge is -2.05. The lowest BCUT2D eigenvalue weighted by molar-refractivity contribution is -0.137. The van der Waals surface area contributed by atoms with E-state index in [1.165, 1.54) is 12.1 Å². The third-order valence-corrected chi connectivity index (χ3v) is 1.78. The smallest absolute Gasteiger partial charge is 0.166 e. The second-order valence-corrected chi connectivity index (χ2v) is 2.93. The van der Waals surface area contributed by atoms with E-state index in [4.69, 9.17) is 0 Å². The number of alkyl halides is 3. The third-order valence-electron chi connectivity index (χ3n) is 1.78. The van der Waals surface area contributed by atoms with Crippen LogP contribution in [0.25, 0.3) is 6.08 Å². The van der Waals surface area contributed by atoms with Crippen molar-refractivity contribution in [2.24, 2.45) is 0 Å². The molecule has 1 rings (SSSR count). The average Bonchev–Trinajstić information content (AvgIpc) is 2.14. The molecule has 0 unspecified atom stereocenters. The third kappa shape index (κ3) is 2.91. The van der Waals surface area contributed by atoms with Crippen molar-refractivity contribution in [1.82, 2.24) is 0 Å². The van der Waals surface area contributed by atoms with E-state index >= 15 is 0 Å². The van der Waals surface area contributed by atoms with Gasteiger partial charge in [-0.1, -0.05) is 31.2 Å². The standard InChI is InChI=1S/C11H11F3/c1-2-3-4-9-5-7-10(8-6-9)11(12,13)14/h3-8H,2H2,1H3. The Morgan fingerprint density at radius 2 is 1.71 bits per heavy atom. The van der Waals surface area contributed by atoms with Gasteiger partial charge in [0.2, 0.25) is 0 Å². The molecule has 0 spiro atoms. The Bertz CT molecular complexity index is 306. The minimum atomic E-state index is -4.24. The van der Waals surface area contributed by atoms with E-state index in [-0.39, 0.29) is 0 Å². The molecule has 0 aliphatic carbocycles. The highest BCUT2D eigenvalue weighted by atomic mass is 19.4. The summed E-state index contributed by atoms with van der Waals surface area (Å²) in [5, 5.41) is 0. The highest BCUT2D eigenvalue weighted by Gasteiger charge is 2.29. The first-order chi connectivity index (χ1) is 6.54. The Morgan fingerprint density at radius 1 is 1.14 bits per heavy atom. The highest BCUT2D eigenvalue weighted by Crippen LogP contribution is 2.29. The first-order valence-electron chi connectivity index (χ1n) is 4.38. The van der Waals surface area contributed by atoms with Gasteiger partial charge in [0.15, 0.2) is 0 Å². The summed E-state index contributed by atoms with van der Waals surface area (Å²) in [4.78, 5) is 0. The van der Waals surface area contributed by atoms with Crippen LogP contribution in [0, 0.1) is 0 Å². The quantitative estimate of drug-likeness (QED) is 0.673. The Kier molecular flexibility index (Phi) is 3.33. The van der Waals surface area contributed by atoms with Crippen LogP contribution in [0.1, 0.15) is 24.5 Å². The lowest BCUT2D eigenvalue weighted by atomic mass is 10.1. The maximum atomic E-state index is 12.2. The maximum absolute atomic E-state index is 12.2. The van der Waals surface area contributed by atoms with Crippen LogP contribution in [-0.4, -0.2) is 0 Å². The summed E-state index contributed by atoms with van der Waals surface area (Å²) in [6.45, 7) is 1.97. The molecular weight excluding hydrogens is 189 g/mol. The van der Waals surface area contributed by atoms with E-state index in [0.29, 0.717) is 0 Å². The molecule has 0 radical (unpaired) electrons. The van der Waals surface area contributed by atoms with Gasteiger partial charge in [-0.3, -0.25) is 0 Å². The van der Waals surface area contributed by atoms with Crippen molar-refractivity contribution in [3.05, 3.63) is 41.5 Å². The molecule has 0 aliphatic rings. The summed E-state index contributed by atoms with van der Waals surface area (Å²) in [5.41, 5.74) is 0.186. The van der Waals surface area contributed by atoms with E-state index in [0.717, 1.165) is 24.1 Å². The van der Waals surface area contributed by atoms with Crippen molar-refractivity contribution in [2.45, 2.75) is 19.5 Å². The van der Waals surface area contributed by atoms with Crippen LogP contribution in [-0.2, 0) is 6.18 Å². The monoisotopic (exact) mass is 200 g/mol. The fourth-order valence-corrected chi connectivity index (χ4v) is 1.04. The average molecular weight is 200 g/mol. The van der Waals surface area contributed by atoms with Gasteiger partial charge in [-0.25, -0.2) is 0 Å². The molecule has 0 aromatic heterocycles. The summed E-state index contributed by atoms with van der Waals surface area (Å²) < 4.78 is 36.5. The number of rotatable bonds is 2. The zero-order chi connectivity index (χ0) is 10.6. The molecule has 76 valence electrons. The lowest BCUT2D eigenvalue weighted by Crippen LogP contribution is -2.03. The van der Waals surface area contributed by atoms with Crippen LogP contribution in [0.5, 0.6) is 0 Å². The highest BCUT2D eigenvalue weighted by molar-refractivity contribution is 5.49. The van der Waals surface area contributed by atoms with Crippen LogP contribution >= 0.6 is 0 Å². The summed E-state index contributed by atoms with van der Waals surface area (Å²) in [6.07, 6.45) is 0.344. The molecular formula is C11H11F3. The molecule has 0 fully saturated rings. The second-order valence-electron chi connectivity index (χ2n) is 2.93. The van der Waals surface area contributed by atoms with Gasteiger partial charge >= 0.3 is 6.18 Å². The Hall–Kier alpha value is -1.25. The maximum Gasteiger partial charge on any atom is 0.416 e. The Balaban J connectivity index is 2.84. The first kappa shape index (κ1) is 10.8. The van der Waals surface area contributed by atoms with E-state index < -0.39 is 11.7 Å². The molecule has 0 aliphatic heterocycles. The molecule has 1 aromatic carbocycles. The SMILES string of the molecule is CCC=Cc1ccc(C(F)(F)F)cc1. The van der Waals surface area contributed by atoms with E-state index in [2.05, 4.69) is 0 Å². The van der Waals surface area contributed by atoms with Crippen molar-refractivity contribution in [3.63, 3.8) is 0 Å². The van der Waals surface area contributed by atoms with Crippen molar-refractivity contribution in [3.8, 4) is 0 Å². The van der Waals surface area contributed by atoms with Gasteiger partial charge in [-0.05, 0) is 24.1 Å². The van der Waals surface area contributed by atoms with Gasteiger partial charge in [0, 0.05) is 0 Å². The molecule has 0 heterocycles. The van der Waals surface area contributed by atoms with Crippen molar-refractivity contribution >= 4 is 6.08 Å². The fourth-order valence-electron chi connectivity index (χ4n) is 1.04. The van der Waals surface area contributed by atoms with Gasteiger partial charge in [-0.2, -0.15) is 13.2 Å². The van der Waals surface area contributed by atoms with E-state index in [1.54, 1.807) is 6.08 Å². The molecule has 0 N–H and O–H groups in total. The van der Waals surface area contributed by atoms with Crippen LogP contribution in [0.15, 0.2) is 30.3 Å². The Labute approximate surface area is 81.1 Å². The van der Waals surface area contributed by atoms with Gasteiger partial charge in [0.1, 0.15) is 0 Å². The van der Waals surface area contributed by atoms with Gasteiger partial charge < -0.3 is 0 Å². The van der Waals surface area contributed by atoms with Crippen molar-refractivity contribution < 1.29 is 13.2 Å². The van der Waals surface area contributed by atoms with Crippen LogP contribution < -0.4 is 0 Å². The largest absolute Gasteiger partial charge is 0.416 e. The van der Waals surface area contributed by atoms with Crippen LogP contribution in [0.3, 0.4) is 0 Å². The predicted octanol–water partition coefficient (Wildman–Crippen LogP) is 4.13. The second kappa shape index (κ2) is 4.31. The van der Waals surface area contributed by atoms with Crippen LogP contribution in [0.4, 0.5) is 13.2 Å². The summed E-state index contributed by atoms with van der Waals surface area (Å²) in [5.74, 6) is 0. The van der Waals surface area contributed by atoms with E-state index in [1.807, 2.05) is 13.0 Å². The van der Waals surface area contributed by atoms with Crippen LogP contribution in [0.2, 0.25) is 0 Å². The number of hydrogen-bond donors (Lipinski definition) is 0. The normalized spacial score (nSPS) is 12.3. The molecule has 0 atom stereocenters. The number of benzene rings is 1. The molecule has 0 saturated heterocycles. The van der Waals surface area contributed by atoms with Gasteiger partial charge in [-0.15, -0.1) is 0 Å². The zero-order valence-electron chi connectivity index (χ0n) is 7.81. The summed E-state index contributed by atoms with van der Waals surface area (Å²) >= 11 is 0. The zero-order valence-corrected chi connectivity index (χ0v) is 7.81. The summed E-state index contributed by atoms with van der Waals surface area (Å²) in [7, 11) is 0. The molecule has 0 saturated carbocycles. The topological polar surface area (TPSA) is 0 Å². The fraction of sp³-hybridized carbons (Fsp3) is 0.273. The first-order valence-corrected chi connectivity index (χ1v) is 4.38. The number of hydrogen-bond acceptors (Lipinski definition) is 0. The molecule has 0 nitrogen and oxygen atoms in total. The number of halogens is 3. The molecule has 3 heteroatoms. The minimum Gasteiger partial charge on any atom is -0.166 e. The molecule has 0 amide bonds. The Morgan fingerprint density at radius 3 is 2.14 bits per heavy atom. The molecule has 14 heavy (non-hydrogen) atoms. The van der Waals surface area contributed by atoms with E-state index in [9.17, 15) is 13.2 Å². The molecule has 0 bridgehead atoms. The van der Waals surface area contributed by atoms with Gasteiger partial charge in [0.25, 0.3) is 0 Å². The predicted molar refractivity (Wildman–Crippen MR) is 50.8 cm³/mol. The summed E-state index contributed by atoms with van der Waals surface area (Å²) in [6, 6.07) is 5.12. The van der Waals surface area contributed by atoms with Crippen molar-refractivity contribution in [1.29, 1.82) is 0 Å².